The van der Waals surface area contributed by atoms with Crippen molar-refractivity contribution in [2.45, 2.75) is 31.7 Å². The van der Waals surface area contributed by atoms with Gasteiger partial charge >= 0.3 is 0 Å². The van der Waals surface area contributed by atoms with Gasteiger partial charge in [-0.05, 0) is 60.0 Å². The normalized spacial score (nSPS) is 15.1. The third kappa shape index (κ3) is 3.64. The van der Waals surface area contributed by atoms with Crippen LogP contribution in [0.25, 0.3) is 11.4 Å². The summed E-state index contributed by atoms with van der Waals surface area (Å²) < 4.78 is 6.25. The van der Waals surface area contributed by atoms with Gasteiger partial charge in [0.2, 0.25) is 11.7 Å². The summed E-state index contributed by atoms with van der Waals surface area (Å²) in [6.45, 7) is 1.82. The maximum atomic E-state index is 12.2. The van der Waals surface area contributed by atoms with Crippen molar-refractivity contribution in [2.75, 3.05) is 0 Å². The first kappa shape index (κ1) is 16.4. The second kappa shape index (κ2) is 6.68. The summed E-state index contributed by atoms with van der Waals surface area (Å²) >= 11 is 4.73. The second-order valence-electron chi connectivity index (χ2n) is 6.00. The zero-order chi connectivity index (χ0) is 17.4. The summed E-state index contributed by atoms with van der Waals surface area (Å²) in [5, 5.41) is 6.91. The highest BCUT2D eigenvalue weighted by Crippen LogP contribution is 2.39. The predicted molar refractivity (Wildman–Crippen MR) is 97.4 cm³/mol. The molecule has 1 N–H and O–H groups in total. The van der Waals surface area contributed by atoms with Gasteiger partial charge in [0, 0.05) is 23.4 Å². The van der Waals surface area contributed by atoms with Crippen LogP contribution < -0.4 is 5.32 Å². The lowest BCUT2D eigenvalue weighted by Crippen LogP contribution is -2.26. The Hall–Kier alpha value is -2.06. The van der Waals surface area contributed by atoms with Gasteiger partial charge in [0.1, 0.15) is 6.04 Å². The molecule has 1 fully saturated rings. The minimum Gasteiger partial charge on any atom is -0.340 e. The molecule has 6 nitrogen and oxygen atoms in total. The van der Waals surface area contributed by atoms with Crippen molar-refractivity contribution in [1.29, 1.82) is 0 Å². The quantitative estimate of drug-likeness (QED) is 0.666. The van der Waals surface area contributed by atoms with Crippen LogP contribution in [0.15, 0.2) is 38.8 Å². The molecule has 1 saturated carbocycles. The number of hydrogen-bond donors (Lipinski definition) is 1. The fraction of sp³-hybridized carbons (Fsp3) is 0.294. The fourth-order valence-corrected chi connectivity index (χ4v) is 3.77. The minimum absolute atomic E-state index is 0.164. The maximum Gasteiger partial charge on any atom is 0.262 e. The molecule has 0 radical (unpaired) electrons. The number of nitrogens with zero attached hydrogens (tertiary/aromatic N) is 3. The first-order chi connectivity index (χ1) is 12.1. The van der Waals surface area contributed by atoms with Gasteiger partial charge in [-0.2, -0.15) is 4.98 Å². The molecule has 1 aliphatic rings. The Morgan fingerprint density at radius 1 is 1.40 bits per heavy atom. The van der Waals surface area contributed by atoms with Crippen molar-refractivity contribution < 1.29 is 9.32 Å². The van der Waals surface area contributed by atoms with Crippen LogP contribution in [0.3, 0.4) is 0 Å². The smallest absolute Gasteiger partial charge is 0.262 e. The molecule has 3 aromatic rings. The Kier molecular flexibility index (Phi) is 4.39. The molecule has 1 atom stereocenters. The van der Waals surface area contributed by atoms with Gasteiger partial charge in [-0.15, -0.1) is 11.3 Å². The summed E-state index contributed by atoms with van der Waals surface area (Å²) in [5.74, 6) is 1.29. The van der Waals surface area contributed by atoms with Crippen LogP contribution in [-0.4, -0.2) is 21.0 Å². The monoisotopic (exact) mass is 418 g/mol. The molecule has 0 bridgehead atoms. The van der Waals surface area contributed by atoms with Gasteiger partial charge in [0.15, 0.2) is 0 Å². The molecule has 3 heterocycles. The number of amides is 1. The van der Waals surface area contributed by atoms with E-state index in [4.69, 9.17) is 4.52 Å². The molecule has 0 aliphatic heterocycles. The molecule has 1 amide bonds. The SMILES string of the molecule is CC(NC(=O)c1ccc(Br)s1)c1nc(-c2ccnc(C3CC3)c2)no1. The fourth-order valence-electron chi connectivity index (χ4n) is 2.48. The third-order valence-corrected chi connectivity index (χ3v) is 5.61. The molecular weight excluding hydrogens is 404 g/mol. The molecule has 3 aromatic heterocycles. The van der Waals surface area contributed by atoms with Gasteiger partial charge in [-0.3, -0.25) is 9.78 Å². The highest BCUT2D eigenvalue weighted by molar-refractivity contribution is 9.11. The molecule has 1 aliphatic carbocycles. The highest BCUT2D eigenvalue weighted by atomic mass is 79.9. The van der Waals surface area contributed by atoms with Crippen molar-refractivity contribution in [2.24, 2.45) is 0 Å². The molecule has 4 rings (SSSR count). The zero-order valence-corrected chi connectivity index (χ0v) is 15.8. The summed E-state index contributed by atoms with van der Waals surface area (Å²) in [4.78, 5) is 21.7. The van der Waals surface area contributed by atoms with Gasteiger partial charge in [-0.25, -0.2) is 0 Å². The van der Waals surface area contributed by atoms with Crippen LogP contribution in [0.5, 0.6) is 0 Å². The number of carbonyl (C=O) groups is 1. The standard InChI is InChI=1S/C17H15BrN4O2S/c1-9(20-16(23)13-4-5-14(18)25-13)17-21-15(22-24-17)11-6-7-19-12(8-11)10-2-3-10/h4-10H,2-3H2,1H3,(H,20,23). The Bertz CT molecular complexity index is 919. The van der Waals surface area contributed by atoms with Crippen LogP contribution in [0, 0.1) is 0 Å². The second-order valence-corrected chi connectivity index (χ2v) is 8.46. The first-order valence-corrected chi connectivity index (χ1v) is 9.57. The number of aromatic nitrogens is 3. The number of hydrogen-bond acceptors (Lipinski definition) is 6. The maximum absolute atomic E-state index is 12.2. The first-order valence-electron chi connectivity index (χ1n) is 7.96. The van der Waals surface area contributed by atoms with Gasteiger partial charge in [0.25, 0.3) is 5.91 Å². The molecule has 128 valence electrons. The average molecular weight is 419 g/mol. The van der Waals surface area contributed by atoms with Crippen LogP contribution >= 0.6 is 27.3 Å². The molecule has 0 saturated heterocycles. The van der Waals surface area contributed by atoms with Crippen LogP contribution in [0.4, 0.5) is 0 Å². The van der Waals surface area contributed by atoms with E-state index >= 15 is 0 Å². The van der Waals surface area contributed by atoms with Gasteiger partial charge in [-0.1, -0.05) is 5.16 Å². The third-order valence-electron chi connectivity index (χ3n) is 3.99. The van der Waals surface area contributed by atoms with Crippen LogP contribution in [-0.2, 0) is 0 Å². The molecule has 25 heavy (non-hydrogen) atoms. The summed E-state index contributed by atoms with van der Waals surface area (Å²) in [6, 6.07) is 7.12. The number of pyridine rings is 1. The van der Waals surface area contributed by atoms with E-state index in [1.807, 2.05) is 25.1 Å². The highest BCUT2D eigenvalue weighted by Gasteiger charge is 2.26. The molecule has 8 heteroatoms. The number of carbonyl (C=O) groups excluding carboxylic acids is 1. The van der Waals surface area contributed by atoms with E-state index < -0.39 is 0 Å². The summed E-state index contributed by atoms with van der Waals surface area (Å²) in [7, 11) is 0. The van der Waals surface area contributed by atoms with E-state index in [0.717, 1.165) is 15.0 Å². The Morgan fingerprint density at radius 2 is 2.24 bits per heavy atom. The lowest BCUT2D eigenvalue weighted by atomic mass is 10.2. The number of nitrogens with one attached hydrogen (secondary N) is 1. The zero-order valence-electron chi connectivity index (χ0n) is 13.4. The van der Waals surface area contributed by atoms with E-state index in [1.54, 1.807) is 12.3 Å². The largest absolute Gasteiger partial charge is 0.340 e. The molecule has 1 unspecified atom stereocenters. The van der Waals surface area contributed by atoms with Crippen molar-refractivity contribution in [3.63, 3.8) is 0 Å². The average Bonchev–Trinajstić information content (AvgIpc) is 3.17. The van der Waals surface area contributed by atoms with Gasteiger partial charge < -0.3 is 9.84 Å². The summed E-state index contributed by atoms with van der Waals surface area (Å²) in [6.07, 6.45) is 4.16. The van der Waals surface area contributed by atoms with Crippen molar-refractivity contribution in [1.82, 2.24) is 20.4 Å². The van der Waals surface area contributed by atoms with Crippen LogP contribution in [0.2, 0.25) is 0 Å². The number of rotatable bonds is 5. The molecule has 0 spiro atoms. The van der Waals surface area contributed by atoms with E-state index in [1.165, 1.54) is 24.2 Å². The van der Waals surface area contributed by atoms with Crippen molar-refractivity contribution in [3.8, 4) is 11.4 Å². The minimum atomic E-state index is -0.376. The van der Waals surface area contributed by atoms with Crippen LogP contribution in [0.1, 0.15) is 53.0 Å². The Balaban J connectivity index is 1.48. The molecule has 0 aromatic carbocycles. The Morgan fingerprint density at radius 3 is 2.96 bits per heavy atom. The van der Waals surface area contributed by atoms with Crippen molar-refractivity contribution in [3.05, 3.63) is 50.7 Å². The number of thiophene rings is 1. The lowest BCUT2D eigenvalue weighted by molar-refractivity contribution is 0.0936. The van der Waals surface area contributed by atoms with E-state index in [-0.39, 0.29) is 11.9 Å². The Labute approximate surface area is 156 Å². The van der Waals surface area contributed by atoms with E-state index in [9.17, 15) is 4.79 Å². The predicted octanol–water partition coefficient (Wildman–Crippen LogP) is 4.32. The van der Waals surface area contributed by atoms with Gasteiger partial charge in [0.05, 0.1) is 8.66 Å². The lowest BCUT2D eigenvalue weighted by Gasteiger charge is -2.08. The number of halogens is 1. The topological polar surface area (TPSA) is 80.9 Å². The summed E-state index contributed by atoms with van der Waals surface area (Å²) in [5.41, 5.74) is 1.96. The van der Waals surface area contributed by atoms with E-state index in [0.29, 0.717) is 22.5 Å². The molecular formula is C17H15BrN4O2S. The van der Waals surface area contributed by atoms with Crippen molar-refractivity contribution >= 4 is 33.2 Å². The van der Waals surface area contributed by atoms with E-state index in [2.05, 4.69) is 36.4 Å².